The van der Waals surface area contributed by atoms with E-state index in [-0.39, 0.29) is 17.5 Å². The summed E-state index contributed by atoms with van der Waals surface area (Å²) in [6.45, 7) is 0. The van der Waals surface area contributed by atoms with Gasteiger partial charge in [-0.1, -0.05) is 60.7 Å². The topological polar surface area (TPSA) is 70.2 Å². The molecule has 0 radical (unpaired) electrons. The second-order valence-electron chi connectivity index (χ2n) is 5.95. The van der Waals surface area contributed by atoms with E-state index in [1.165, 1.54) is 0 Å². The average molecular weight is 329 g/mol. The van der Waals surface area contributed by atoms with Crippen molar-refractivity contribution < 1.29 is 9.90 Å². The number of hydrogen-bond donors (Lipinski definition) is 2. The first-order valence-electron chi connectivity index (χ1n) is 7.99. The molecule has 0 bridgehead atoms. The Morgan fingerprint density at radius 3 is 2.40 bits per heavy atom. The lowest BCUT2D eigenvalue weighted by Crippen LogP contribution is -2.18. The molecular weight excluding hydrogens is 314 g/mol. The number of aromatic nitrogens is 1. The highest BCUT2D eigenvalue weighted by Crippen LogP contribution is 2.34. The minimum absolute atomic E-state index is 0.280. The third-order valence-corrected chi connectivity index (χ3v) is 4.39. The number of hydrogen-bond acceptors (Lipinski definition) is 2. The summed E-state index contributed by atoms with van der Waals surface area (Å²) in [4.78, 5) is 26.8. The number of carboxylic acids is 1. The molecule has 4 heteroatoms. The standard InChI is InChI=1S/C21H15NO3/c23-18(24)12-16-19(14-7-2-1-3-8-14)20-15-9-5-4-6-13(15)10-11-17(20)22-21(16)25/h1-11H,12H2,(H,22,25)(H,23,24). The van der Waals surface area contributed by atoms with E-state index in [0.717, 1.165) is 21.7 Å². The van der Waals surface area contributed by atoms with Gasteiger partial charge in [0.1, 0.15) is 0 Å². The number of rotatable bonds is 3. The zero-order valence-electron chi connectivity index (χ0n) is 13.3. The molecule has 25 heavy (non-hydrogen) atoms. The normalized spacial score (nSPS) is 11.0. The predicted molar refractivity (Wildman–Crippen MR) is 98.9 cm³/mol. The number of carboxylic acid groups (broad SMARTS) is 1. The van der Waals surface area contributed by atoms with Gasteiger partial charge in [-0.3, -0.25) is 9.59 Å². The third-order valence-electron chi connectivity index (χ3n) is 4.39. The molecule has 4 aromatic rings. The zero-order chi connectivity index (χ0) is 17.4. The lowest BCUT2D eigenvalue weighted by molar-refractivity contribution is -0.136. The Bertz CT molecular complexity index is 1160. The van der Waals surface area contributed by atoms with Gasteiger partial charge in [0.05, 0.1) is 6.42 Å². The number of nitrogens with one attached hydrogen (secondary N) is 1. The lowest BCUT2D eigenvalue weighted by Gasteiger charge is -2.14. The van der Waals surface area contributed by atoms with Crippen molar-refractivity contribution in [1.82, 2.24) is 4.98 Å². The van der Waals surface area contributed by atoms with Gasteiger partial charge in [0, 0.05) is 22.0 Å². The van der Waals surface area contributed by atoms with Crippen LogP contribution in [0.2, 0.25) is 0 Å². The fourth-order valence-corrected chi connectivity index (χ4v) is 3.35. The molecule has 1 aromatic heterocycles. The summed E-state index contributed by atoms with van der Waals surface area (Å²) in [7, 11) is 0. The molecule has 0 aliphatic carbocycles. The monoisotopic (exact) mass is 329 g/mol. The maximum atomic E-state index is 12.6. The van der Waals surface area contributed by atoms with Gasteiger partial charge in [0.2, 0.25) is 0 Å². The number of pyridine rings is 1. The fraction of sp³-hybridized carbons (Fsp3) is 0.0476. The van der Waals surface area contributed by atoms with Crippen LogP contribution in [-0.2, 0) is 11.2 Å². The second-order valence-corrected chi connectivity index (χ2v) is 5.95. The summed E-state index contributed by atoms with van der Waals surface area (Å²) in [6, 6.07) is 21.2. The van der Waals surface area contributed by atoms with E-state index in [0.29, 0.717) is 11.1 Å². The molecule has 0 amide bonds. The molecule has 4 nitrogen and oxygen atoms in total. The molecular formula is C21H15NO3. The summed E-state index contributed by atoms with van der Waals surface area (Å²) < 4.78 is 0. The van der Waals surface area contributed by atoms with Gasteiger partial charge in [-0.25, -0.2) is 0 Å². The van der Waals surface area contributed by atoms with Crippen LogP contribution in [0.4, 0.5) is 0 Å². The molecule has 122 valence electrons. The molecule has 0 saturated carbocycles. The van der Waals surface area contributed by atoms with Crippen molar-refractivity contribution in [1.29, 1.82) is 0 Å². The van der Waals surface area contributed by atoms with Crippen molar-refractivity contribution in [2.75, 3.05) is 0 Å². The van der Waals surface area contributed by atoms with Gasteiger partial charge < -0.3 is 10.1 Å². The van der Waals surface area contributed by atoms with Crippen LogP contribution in [0, 0.1) is 0 Å². The first kappa shape index (κ1) is 15.1. The molecule has 0 fully saturated rings. The number of fused-ring (bicyclic) bond motifs is 3. The van der Waals surface area contributed by atoms with E-state index in [2.05, 4.69) is 4.98 Å². The van der Waals surface area contributed by atoms with E-state index in [4.69, 9.17) is 0 Å². The molecule has 4 rings (SSSR count). The SMILES string of the molecule is O=C(O)Cc1c(-c2ccccc2)c2c(ccc3ccccc32)[nH]c1=O. The number of benzene rings is 3. The minimum Gasteiger partial charge on any atom is -0.481 e. The second kappa shape index (κ2) is 5.91. The fourth-order valence-electron chi connectivity index (χ4n) is 3.35. The molecule has 0 saturated heterocycles. The van der Waals surface area contributed by atoms with Crippen LogP contribution < -0.4 is 5.56 Å². The van der Waals surface area contributed by atoms with Crippen molar-refractivity contribution >= 4 is 27.6 Å². The smallest absolute Gasteiger partial charge is 0.308 e. The highest BCUT2D eigenvalue weighted by molar-refractivity contribution is 6.13. The molecule has 1 heterocycles. The van der Waals surface area contributed by atoms with Crippen LogP contribution in [0.25, 0.3) is 32.8 Å². The predicted octanol–water partition coefficient (Wildman–Crippen LogP) is 3.98. The van der Waals surface area contributed by atoms with Crippen LogP contribution >= 0.6 is 0 Å². The summed E-state index contributed by atoms with van der Waals surface area (Å²) >= 11 is 0. The Kier molecular flexibility index (Phi) is 3.58. The van der Waals surface area contributed by atoms with Crippen molar-refractivity contribution in [3.8, 4) is 11.1 Å². The Labute approximate surface area is 143 Å². The molecule has 3 aromatic carbocycles. The maximum absolute atomic E-state index is 12.6. The van der Waals surface area contributed by atoms with Gasteiger partial charge in [-0.05, 0) is 22.4 Å². The van der Waals surface area contributed by atoms with E-state index in [1.54, 1.807) is 0 Å². The van der Waals surface area contributed by atoms with Gasteiger partial charge in [-0.15, -0.1) is 0 Å². The van der Waals surface area contributed by atoms with Crippen LogP contribution in [0.1, 0.15) is 5.56 Å². The Morgan fingerprint density at radius 1 is 0.920 bits per heavy atom. The molecule has 0 atom stereocenters. The summed E-state index contributed by atoms with van der Waals surface area (Å²) in [6.07, 6.45) is -0.321. The third kappa shape index (κ3) is 2.58. The van der Waals surface area contributed by atoms with E-state index in [1.807, 2.05) is 66.7 Å². The molecule has 2 N–H and O–H groups in total. The van der Waals surface area contributed by atoms with Gasteiger partial charge in [-0.2, -0.15) is 0 Å². The molecule has 0 spiro atoms. The van der Waals surface area contributed by atoms with Gasteiger partial charge >= 0.3 is 5.97 Å². The van der Waals surface area contributed by atoms with E-state index >= 15 is 0 Å². The van der Waals surface area contributed by atoms with Crippen LogP contribution in [0.3, 0.4) is 0 Å². The van der Waals surface area contributed by atoms with Crippen LogP contribution in [0.5, 0.6) is 0 Å². The lowest BCUT2D eigenvalue weighted by atomic mass is 9.92. The Morgan fingerprint density at radius 2 is 1.64 bits per heavy atom. The summed E-state index contributed by atoms with van der Waals surface area (Å²) in [5.74, 6) is -1.03. The van der Waals surface area contributed by atoms with E-state index in [9.17, 15) is 14.7 Å². The average Bonchev–Trinajstić information content (AvgIpc) is 2.62. The minimum atomic E-state index is -1.03. The van der Waals surface area contributed by atoms with Gasteiger partial charge in [0.15, 0.2) is 0 Å². The van der Waals surface area contributed by atoms with Crippen molar-refractivity contribution in [2.45, 2.75) is 6.42 Å². The van der Waals surface area contributed by atoms with Crippen molar-refractivity contribution in [3.63, 3.8) is 0 Å². The van der Waals surface area contributed by atoms with Gasteiger partial charge in [0.25, 0.3) is 5.56 Å². The van der Waals surface area contributed by atoms with Crippen LogP contribution in [-0.4, -0.2) is 16.1 Å². The number of carbonyl (C=O) groups is 1. The molecule has 0 aliphatic rings. The largest absolute Gasteiger partial charge is 0.481 e. The Balaban J connectivity index is 2.24. The highest BCUT2D eigenvalue weighted by Gasteiger charge is 2.18. The number of aromatic amines is 1. The van der Waals surface area contributed by atoms with Crippen molar-refractivity contribution in [2.24, 2.45) is 0 Å². The Hall–Kier alpha value is -3.40. The molecule has 0 unspecified atom stereocenters. The summed E-state index contributed by atoms with van der Waals surface area (Å²) in [5.41, 5.74) is 2.16. The van der Waals surface area contributed by atoms with Crippen LogP contribution in [0.15, 0.2) is 71.5 Å². The quantitative estimate of drug-likeness (QED) is 0.559. The van der Waals surface area contributed by atoms with Crippen molar-refractivity contribution in [3.05, 3.63) is 82.6 Å². The maximum Gasteiger partial charge on any atom is 0.308 e. The highest BCUT2D eigenvalue weighted by atomic mass is 16.4. The zero-order valence-corrected chi connectivity index (χ0v) is 13.3. The summed E-state index contributed by atoms with van der Waals surface area (Å²) in [5, 5.41) is 12.2. The first-order valence-corrected chi connectivity index (χ1v) is 7.99. The number of H-pyrrole nitrogens is 1. The van der Waals surface area contributed by atoms with E-state index < -0.39 is 5.97 Å². The number of aliphatic carboxylic acids is 1. The molecule has 0 aliphatic heterocycles. The first-order chi connectivity index (χ1) is 12.1.